The molecule has 1 aromatic rings. The van der Waals surface area contributed by atoms with E-state index >= 15 is 0 Å². The van der Waals surface area contributed by atoms with Crippen molar-refractivity contribution in [3.63, 3.8) is 0 Å². The molecule has 0 heterocycles. The first-order valence-electron chi connectivity index (χ1n) is 4.81. The summed E-state index contributed by atoms with van der Waals surface area (Å²) in [7, 11) is 0. The van der Waals surface area contributed by atoms with Crippen molar-refractivity contribution in [2.75, 3.05) is 0 Å². The quantitative estimate of drug-likeness (QED) is 0.379. The molecule has 0 radical (unpaired) electrons. The molecule has 1 unspecified atom stereocenters. The van der Waals surface area contributed by atoms with Gasteiger partial charge in [-0.25, -0.2) is 4.79 Å². The lowest BCUT2D eigenvalue weighted by Gasteiger charge is -2.12. The maximum atomic E-state index is 11.2. The maximum Gasteiger partial charge on any atom is 0.334 e. The van der Waals surface area contributed by atoms with Crippen LogP contribution in [-0.2, 0) is 9.53 Å². The highest BCUT2D eigenvalue weighted by Crippen LogP contribution is 2.25. The molecule has 86 valence electrons. The van der Waals surface area contributed by atoms with Gasteiger partial charge in [-0.1, -0.05) is 18.3 Å². The van der Waals surface area contributed by atoms with E-state index in [-0.39, 0.29) is 11.2 Å². The SMILES string of the molecule is C=C(C)C(=O)OC(C)Sc1ccc(O)cc1. The molecule has 0 amide bonds. The summed E-state index contributed by atoms with van der Waals surface area (Å²) in [5, 5.41) is 9.10. The summed E-state index contributed by atoms with van der Waals surface area (Å²) in [4.78, 5) is 12.2. The number of rotatable bonds is 4. The predicted octanol–water partition coefficient (Wildman–Crippen LogP) is 2.95. The van der Waals surface area contributed by atoms with Crippen LogP contribution in [-0.4, -0.2) is 16.5 Å². The van der Waals surface area contributed by atoms with Gasteiger partial charge < -0.3 is 9.84 Å². The maximum absolute atomic E-state index is 11.2. The Morgan fingerprint density at radius 1 is 1.44 bits per heavy atom. The van der Waals surface area contributed by atoms with Gasteiger partial charge in [-0.15, -0.1) is 0 Å². The van der Waals surface area contributed by atoms with Crippen LogP contribution in [0, 0.1) is 0 Å². The van der Waals surface area contributed by atoms with Crippen LogP contribution in [0.1, 0.15) is 13.8 Å². The smallest absolute Gasteiger partial charge is 0.334 e. The van der Waals surface area contributed by atoms with Gasteiger partial charge in [-0.05, 0) is 38.1 Å². The third-order valence-corrected chi connectivity index (χ3v) is 2.73. The number of phenolic OH excluding ortho intramolecular Hbond substituents is 1. The average Bonchev–Trinajstić information content (AvgIpc) is 2.21. The number of thioether (sulfide) groups is 1. The standard InChI is InChI=1S/C12H14O3S/c1-8(2)12(14)15-9(3)16-11-6-4-10(13)5-7-11/h4-7,9,13H,1H2,2-3H3. The van der Waals surface area contributed by atoms with E-state index in [1.165, 1.54) is 11.8 Å². The van der Waals surface area contributed by atoms with Crippen LogP contribution in [0.15, 0.2) is 41.3 Å². The summed E-state index contributed by atoms with van der Waals surface area (Å²) in [6.07, 6.45) is 0. The number of phenols is 1. The molecule has 1 N–H and O–H groups in total. The van der Waals surface area contributed by atoms with Crippen molar-refractivity contribution in [2.45, 2.75) is 24.2 Å². The Hall–Kier alpha value is -1.42. The second-order valence-electron chi connectivity index (χ2n) is 3.37. The number of hydrogen-bond donors (Lipinski definition) is 1. The van der Waals surface area contributed by atoms with Crippen LogP contribution >= 0.6 is 11.8 Å². The third kappa shape index (κ3) is 3.98. The largest absolute Gasteiger partial charge is 0.508 e. The average molecular weight is 238 g/mol. The van der Waals surface area contributed by atoms with E-state index in [9.17, 15) is 4.79 Å². The van der Waals surface area contributed by atoms with Gasteiger partial charge in [0.1, 0.15) is 11.2 Å². The second kappa shape index (κ2) is 5.61. The molecule has 16 heavy (non-hydrogen) atoms. The van der Waals surface area contributed by atoms with E-state index in [0.717, 1.165) is 4.90 Å². The lowest BCUT2D eigenvalue weighted by Crippen LogP contribution is -2.11. The van der Waals surface area contributed by atoms with Crippen LogP contribution in [0.5, 0.6) is 5.75 Å². The third-order valence-electron chi connectivity index (χ3n) is 1.76. The number of carbonyl (C=O) groups excluding carboxylic acids is 1. The Labute approximate surface area is 99.1 Å². The summed E-state index contributed by atoms with van der Waals surface area (Å²) < 4.78 is 5.11. The number of ether oxygens (including phenoxy) is 1. The molecular formula is C12H14O3S. The fourth-order valence-electron chi connectivity index (χ4n) is 0.992. The van der Waals surface area contributed by atoms with Crippen molar-refractivity contribution in [1.82, 2.24) is 0 Å². The van der Waals surface area contributed by atoms with E-state index in [1.54, 1.807) is 38.1 Å². The summed E-state index contributed by atoms with van der Waals surface area (Å²) in [6, 6.07) is 6.72. The van der Waals surface area contributed by atoms with Gasteiger partial charge >= 0.3 is 5.97 Å². The highest BCUT2D eigenvalue weighted by atomic mass is 32.2. The topological polar surface area (TPSA) is 46.5 Å². The van der Waals surface area contributed by atoms with E-state index < -0.39 is 5.97 Å². The minimum absolute atomic E-state index is 0.218. The van der Waals surface area contributed by atoms with Gasteiger partial charge in [0.15, 0.2) is 0 Å². The molecule has 1 aromatic carbocycles. The van der Waals surface area contributed by atoms with E-state index in [1.807, 2.05) is 0 Å². The Bertz CT molecular complexity index is 384. The number of benzene rings is 1. The molecule has 0 saturated carbocycles. The minimum atomic E-state index is -0.390. The Balaban J connectivity index is 2.51. The first-order chi connectivity index (χ1) is 7.49. The van der Waals surface area contributed by atoms with Crippen molar-refractivity contribution < 1.29 is 14.6 Å². The zero-order valence-electron chi connectivity index (χ0n) is 9.27. The molecule has 0 aliphatic rings. The van der Waals surface area contributed by atoms with Crippen LogP contribution in [0.2, 0.25) is 0 Å². The van der Waals surface area contributed by atoms with Crippen molar-refractivity contribution in [1.29, 1.82) is 0 Å². The first kappa shape index (κ1) is 12.6. The molecular weight excluding hydrogens is 224 g/mol. The Kier molecular flexibility index (Phi) is 4.43. The minimum Gasteiger partial charge on any atom is -0.508 e. The molecule has 0 saturated heterocycles. The van der Waals surface area contributed by atoms with Crippen molar-refractivity contribution in [3.8, 4) is 5.75 Å². The summed E-state index contributed by atoms with van der Waals surface area (Å²) in [5.74, 6) is -0.172. The molecule has 0 fully saturated rings. The van der Waals surface area contributed by atoms with Gasteiger partial charge in [0.2, 0.25) is 0 Å². The molecule has 0 spiro atoms. The lowest BCUT2D eigenvalue weighted by atomic mass is 10.3. The second-order valence-corrected chi connectivity index (χ2v) is 4.74. The van der Waals surface area contributed by atoms with Gasteiger partial charge in [0, 0.05) is 10.5 Å². The molecule has 1 rings (SSSR count). The monoisotopic (exact) mass is 238 g/mol. The molecule has 0 aliphatic carbocycles. The fourth-order valence-corrected chi connectivity index (χ4v) is 1.80. The van der Waals surface area contributed by atoms with Crippen molar-refractivity contribution in [3.05, 3.63) is 36.4 Å². The van der Waals surface area contributed by atoms with Crippen LogP contribution < -0.4 is 0 Å². The van der Waals surface area contributed by atoms with Crippen LogP contribution in [0.25, 0.3) is 0 Å². The first-order valence-corrected chi connectivity index (χ1v) is 5.69. The predicted molar refractivity (Wildman–Crippen MR) is 64.3 cm³/mol. The molecule has 1 atom stereocenters. The molecule has 0 aliphatic heterocycles. The summed E-state index contributed by atoms with van der Waals surface area (Å²) >= 11 is 1.40. The zero-order chi connectivity index (χ0) is 12.1. The highest BCUT2D eigenvalue weighted by Gasteiger charge is 2.11. The zero-order valence-corrected chi connectivity index (χ0v) is 10.1. The van der Waals surface area contributed by atoms with Gasteiger partial charge in [0.25, 0.3) is 0 Å². The number of esters is 1. The molecule has 0 bridgehead atoms. The number of aromatic hydroxyl groups is 1. The van der Waals surface area contributed by atoms with Crippen LogP contribution in [0.4, 0.5) is 0 Å². The Morgan fingerprint density at radius 2 is 2.00 bits per heavy atom. The summed E-state index contributed by atoms with van der Waals surface area (Å²) in [5.41, 5.74) is 0.104. The number of hydrogen-bond acceptors (Lipinski definition) is 4. The molecule has 0 aromatic heterocycles. The fraction of sp³-hybridized carbons (Fsp3) is 0.250. The van der Waals surface area contributed by atoms with Gasteiger partial charge in [-0.3, -0.25) is 0 Å². The van der Waals surface area contributed by atoms with Gasteiger partial charge in [0.05, 0.1) is 0 Å². The summed E-state index contributed by atoms with van der Waals surface area (Å²) in [6.45, 7) is 6.91. The highest BCUT2D eigenvalue weighted by molar-refractivity contribution is 7.99. The normalized spacial score (nSPS) is 11.9. The van der Waals surface area contributed by atoms with E-state index in [4.69, 9.17) is 9.84 Å². The Morgan fingerprint density at radius 3 is 2.50 bits per heavy atom. The van der Waals surface area contributed by atoms with E-state index in [0.29, 0.717) is 5.57 Å². The van der Waals surface area contributed by atoms with Crippen molar-refractivity contribution >= 4 is 17.7 Å². The van der Waals surface area contributed by atoms with Crippen molar-refractivity contribution in [2.24, 2.45) is 0 Å². The van der Waals surface area contributed by atoms with Gasteiger partial charge in [-0.2, -0.15) is 0 Å². The number of carbonyl (C=O) groups is 1. The molecule has 4 heteroatoms. The van der Waals surface area contributed by atoms with E-state index in [2.05, 4.69) is 6.58 Å². The van der Waals surface area contributed by atoms with Crippen LogP contribution in [0.3, 0.4) is 0 Å². The molecule has 3 nitrogen and oxygen atoms in total. The lowest BCUT2D eigenvalue weighted by molar-refractivity contribution is -0.139.